The normalized spacial score (nSPS) is 2.60. The van der Waals surface area contributed by atoms with E-state index in [2.05, 4.69) is 18.1 Å². The summed E-state index contributed by atoms with van der Waals surface area (Å²) in [6, 6.07) is 1.75. The van der Waals surface area contributed by atoms with E-state index in [0.29, 0.717) is 0 Å². The fourth-order valence-electron chi connectivity index (χ4n) is 0. The Labute approximate surface area is 30.5 Å². The van der Waals surface area contributed by atoms with Gasteiger partial charge in [-0.2, -0.15) is 0 Å². The number of hydrogen-bond donors (Lipinski definition) is 3. The first-order valence-corrected chi connectivity index (χ1v) is 0.836. The quantitative estimate of drug-likeness (QED) is 0.193. The standard InChI is InChI=1S/C2H3N.H3NO/c1-2-3;1-2/h1H,3H2;2H,1H2. The molecule has 0 aliphatic carbocycles. The van der Waals surface area contributed by atoms with Crippen LogP contribution < -0.4 is 11.6 Å². The van der Waals surface area contributed by atoms with Crippen LogP contribution in [0.5, 0.6) is 0 Å². The third kappa shape index (κ3) is 10.4. The molecule has 0 aromatic carbocycles. The maximum atomic E-state index is 6.50. The van der Waals surface area contributed by atoms with Crippen LogP contribution in [0, 0.1) is 12.5 Å². The highest BCUT2D eigenvalue weighted by Gasteiger charge is 1.02. The maximum absolute atomic E-state index is 6.50. The van der Waals surface area contributed by atoms with Crippen LogP contribution in [-0.2, 0) is 0 Å². The molecule has 30 valence electrons. The summed E-state index contributed by atoms with van der Waals surface area (Å²) in [5.74, 6) is 3.50. The summed E-state index contributed by atoms with van der Waals surface area (Å²) in [4.78, 5) is 0. The number of hydrogen-bond acceptors (Lipinski definition) is 3. The Balaban J connectivity index is 0. The second kappa shape index (κ2) is 217. The molecule has 0 aromatic heterocycles. The van der Waals surface area contributed by atoms with Crippen LogP contribution in [0.4, 0.5) is 0 Å². The highest BCUT2D eigenvalue weighted by molar-refractivity contribution is 4.71. The van der Waals surface area contributed by atoms with Crippen molar-refractivity contribution < 1.29 is 5.21 Å². The van der Waals surface area contributed by atoms with E-state index in [4.69, 9.17) is 5.21 Å². The van der Waals surface area contributed by atoms with Gasteiger partial charge in [0.2, 0.25) is 0 Å². The molecule has 0 fully saturated rings. The predicted octanol–water partition coefficient (Wildman–Crippen LogP) is -1.13. The van der Waals surface area contributed by atoms with Crippen molar-refractivity contribution in [1.29, 1.82) is 0 Å². The van der Waals surface area contributed by atoms with Crippen LogP contribution in [0.15, 0.2) is 0 Å². The minimum absolute atomic E-state index is 1.75. The number of rotatable bonds is 0. The molecular formula is C2H6N2O. The van der Waals surface area contributed by atoms with Gasteiger partial charge in [0.15, 0.2) is 0 Å². The molecule has 0 saturated heterocycles. The van der Waals surface area contributed by atoms with Crippen molar-refractivity contribution in [2.45, 2.75) is 0 Å². The molecule has 3 nitrogen and oxygen atoms in total. The van der Waals surface area contributed by atoms with Gasteiger partial charge in [-0.25, -0.2) is 5.90 Å². The van der Waals surface area contributed by atoms with Crippen LogP contribution in [0.3, 0.4) is 0 Å². The summed E-state index contributed by atoms with van der Waals surface area (Å²) >= 11 is 0. The van der Waals surface area contributed by atoms with E-state index in [0.717, 1.165) is 0 Å². The first-order chi connectivity index (χ1) is 2.41. The molecular weight excluding hydrogens is 68.0 g/mol. The summed E-state index contributed by atoms with van der Waals surface area (Å²) in [6.45, 7) is 0. The highest BCUT2D eigenvalue weighted by atomic mass is 16.4. The topological polar surface area (TPSA) is 72.3 Å². The summed E-state index contributed by atoms with van der Waals surface area (Å²) in [6.07, 6.45) is 4.38. The largest absolute Gasteiger partial charge is 0.360 e. The lowest BCUT2D eigenvalue weighted by Crippen LogP contribution is -1.72. The molecule has 0 saturated carbocycles. The Morgan fingerprint density at radius 2 is 1.60 bits per heavy atom. The molecule has 0 aromatic rings. The van der Waals surface area contributed by atoms with E-state index in [1.165, 1.54) is 0 Å². The molecule has 0 amide bonds. The lowest BCUT2D eigenvalue weighted by Gasteiger charge is -1.32. The molecule has 0 heterocycles. The summed E-state index contributed by atoms with van der Waals surface area (Å²) in [7, 11) is 0. The van der Waals surface area contributed by atoms with Gasteiger partial charge in [0.1, 0.15) is 0 Å². The van der Waals surface area contributed by atoms with E-state index in [9.17, 15) is 0 Å². The van der Waals surface area contributed by atoms with Crippen LogP contribution in [0.1, 0.15) is 0 Å². The molecule has 0 rings (SSSR count). The zero-order valence-electron chi connectivity index (χ0n) is 2.68. The Hall–Kier alpha value is -0.720. The average Bonchev–Trinajstić information content (AvgIpc) is 1.46. The summed E-state index contributed by atoms with van der Waals surface area (Å²) < 4.78 is 0. The number of nitrogens with two attached hydrogens (primary N) is 2. The minimum Gasteiger partial charge on any atom is -0.360 e. The molecule has 0 aliphatic heterocycles. The van der Waals surface area contributed by atoms with E-state index in [-0.39, 0.29) is 0 Å². The lowest BCUT2D eigenvalue weighted by molar-refractivity contribution is 0.311. The highest BCUT2D eigenvalue weighted by Crippen LogP contribution is 0.897. The maximum Gasteiger partial charge on any atom is -0.00200 e. The molecule has 0 unspecified atom stereocenters. The van der Waals surface area contributed by atoms with E-state index >= 15 is 0 Å². The Morgan fingerprint density at radius 3 is 1.60 bits per heavy atom. The van der Waals surface area contributed by atoms with Crippen LogP contribution in [0.25, 0.3) is 0 Å². The molecule has 0 bridgehead atoms. The Kier molecular flexibility index (Phi) is 385. The molecule has 0 spiro atoms. The van der Waals surface area contributed by atoms with Gasteiger partial charge in [-0.15, -0.1) is 0 Å². The van der Waals surface area contributed by atoms with Gasteiger partial charge in [-0.05, 0) is 6.04 Å². The molecule has 3 heteroatoms. The zero-order chi connectivity index (χ0) is 4.71. The molecule has 0 atom stereocenters. The molecule has 5 N–H and O–H groups in total. The van der Waals surface area contributed by atoms with Gasteiger partial charge in [0, 0.05) is 0 Å². The van der Waals surface area contributed by atoms with Gasteiger partial charge in [0.05, 0.1) is 0 Å². The van der Waals surface area contributed by atoms with Crippen LogP contribution in [0.2, 0.25) is 0 Å². The van der Waals surface area contributed by atoms with Gasteiger partial charge >= 0.3 is 0 Å². The van der Waals surface area contributed by atoms with Crippen molar-refractivity contribution in [2.75, 3.05) is 0 Å². The smallest absolute Gasteiger partial charge is 0.00200 e. The van der Waals surface area contributed by atoms with Crippen LogP contribution >= 0.6 is 0 Å². The second-order valence-corrected chi connectivity index (χ2v) is 0.167. The van der Waals surface area contributed by atoms with Crippen molar-refractivity contribution in [3.05, 3.63) is 0 Å². The second-order valence-electron chi connectivity index (χ2n) is 0.167. The average molecular weight is 74.1 g/mol. The minimum atomic E-state index is 1.75. The number of terminal acetylenes is 1. The first-order valence-electron chi connectivity index (χ1n) is 0.836. The summed E-state index contributed by atoms with van der Waals surface area (Å²) in [5.41, 5.74) is 4.38. The van der Waals surface area contributed by atoms with Crippen molar-refractivity contribution >= 4 is 0 Å². The van der Waals surface area contributed by atoms with Crippen molar-refractivity contribution in [1.82, 2.24) is 0 Å². The fraction of sp³-hybridized carbons (Fsp3) is 0. The van der Waals surface area contributed by atoms with Crippen LogP contribution in [-0.4, -0.2) is 5.21 Å². The SMILES string of the molecule is C#CN.NO. The first kappa shape index (κ1) is 8.86. The fourth-order valence-corrected chi connectivity index (χ4v) is 0. The van der Waals surface area contributed by atoms with E-state index < -0.39 is 0 Å². The Bertz CT molecular complexity index is 29.1. The summed E-state index contributed by atoms with van der Waals surface area (Å²) in [5, 5.41) is 6.50. The molecule has 5 heavy (non-hydrogen) atoms. The third-order valence-electron chi connectivity index (χ3n) is 0. The van der Waals surface area contributed by atoms with Crippen molar-refractivity contribution in [3.63, 3.8) is 0 Å². The van der Waals surface area contributed by atoms with Crippen molar-refractivity contribution in [2.24, 2.45) is 11.6 Å². The van der Waals surface area contributed by atoms with Gasteiger partial charge < -0.3 is 10.9 Å². The third-order valence-corrected chi connectivity index (χ3v) is 0. The predicted molar refractivity (Wildman–Crippen MR) is 19.0 cm³/mol. The Morgan fingerprint density at radius 1 is 1.60 bits per heavy atom. The lowest BCUT2D eigenvalue weighted by atomic mass is 11.2. The van der Waals surface area contributed by atoms with E-state index in [1.54, 1.807) is 6.04 Å². The zero-order valence-corrected chi connectivity index (χ0v) is 2.68. The van der Waals surface area contributed by atoms with Gasteiger partial charge in [-0.3, -0.25) is 0 Å². The van der Waals surface area contributed by atoms with Gasteiger partial charge in [0.25, 0.3) is 0 Å². The van der Waals surface area contributed by atoms with Gasteiger partial charge in [-0.1, -0.05) is 6.42 Å². The molecule has 0 aliphatic rings. The monoisotopic (exact) mass is 74.0 g/mol. The van der Waals surface area contributed by atoms with E-state index in [1.807, 2.05) is 0 Å². The molecule has 0 radical (unpaired) electrons. The van der Waals surface area contributed by atoms with Crippen molar-refractivity contribution in [3.8, 4) is 12.5 Å².